The highest BCUT2D eigenvalue weighted by atomic mass is 35.5. The summed E-state index contributed by atoms with van der Waals surface area (Å²) in [5.41, 5.74) is 3.82. The van der Waals surface area contributed by atoms with Crippen molar-refractivity contribution in [3.05, 3.63) is 94.0 Å². The fraction of sp³-hybridized carbons (Fsp3) is 0.429. The van der Waals surface area contributed by atoms with Gasteiger partial charge in [0, 0.05) is 55.3 Å². The largest absolute Gasteiger partial charge is 0.493 e. The highest BCUT2D eigenvalue weighted by Gasteiger charge is 2.33. The van der Waals surface area contributed by atoms with Gasteiger partial charge in [0.15, 0.2) is 11.5 Å². The van der Waals surface area contributed by atoms with Crippen LogP contribution in [-0.2, 0) is 24.4 Å². The minimum Gasteiger partial charge on any atom is -0.493 e. The predicted octanol–water partition coefficient (Wildman–Crippen LogP) is 6.47. The molecule has 43 heavy (non-hydrogen) atoms. The number of hydrogen-bond donors (Lipinski definition) is 1. The first kappa shape index (κ1) is 30.9. The van der Waals surface area contributed by atoms with Crippen molar-refractivity contribution in [1.29, 1.82) is 0 Å². The Morgan fingerprint density at radius 1 is 0.837 bits per heavy atom. The Kier molecular flexibility index (Phi) is 10.6. The predicted molar refractivity (Wildman–Crippen MR) is 169 cm³/mol. The number of halogens is 1. The van der Waals surface area contributed by atoms with Gasteiger partial charge in [-0.3, -0.25) is 14.5 Å². The topological polar surface area (TPSA) is 71.1 Å². The van der Waals surface area contributed by atoms with Gasteiger partial charge >= 0.3 is 0 Å². The second-order valence-corrected chi connectivity index (χ2v) is 12.1. The number of rotatable bonds is 11. The summed E-state index contributed by atoms with van der Waals surface area (Å²) in [6, 6.07) is 21.6. The quantitative estimate of drug-likeness (QED) is 0.272. The smallest absolute Gasteiger partial charge is 0.251 e. The Bertz CT molecular complexity index is 1360. The number of hydrogen-bond acceptors (Lipinski definition) is 5. The van der Waals surface area contributed by atoms with Crippen molar-refractivity contribution in [1.82, 2.24) is 15.1 Å². The molecule has 1 saturated heterocycles. The lowest BCUT2D eigenvalue weighted by Crippen LogP contribution is -2.48. The van der Waals surface area contributed by atoms with Gasteiger partial charge in [-0.25, -0.2) is 0 Å². The summed E-state index contributed by atoms with van der Waals surface area (Å²) in [7, 11) is 3.19. The Labute approximate surface area is 260 Å². The van der Waals surface area contributed by atoms with Gasteiger partial charge in [0.25, 0.3) is 5.91 Å². The Morgan fingerprint density at radius 3 is 2.12 bits per heavy atom. The summed E-state index contributed by atoms with van der Waals surface area (Å²) in [6.45, 7) is 3.77. The van der Waals surface area contributed by atoms with Crippen LogP contribution in [0.1, 0.15) is 65.6 Å². The molecule has 3 aromatic rings. The van der Waals surface area contributed by atoms with Gasteiger partial charge in [-0.15, -0.1) is 0 Å². The summed E-state index contributed by atoms with van der Waals surface area (Å²) < 4.78 is 10.7. The number of piperidine rings is 1. The summed E-state index contributed by atoms with van der Waals surface area (Å²) in [5, 5.41) is 3.74. The number of likely N-dealkylation sites (tertiary alicyclic amines) is 1. The van der Waals surface area contributed by atoms with Crippen molar-refractivity contribution in [2.75, 3.05) is 27.3 Å². The molecule has 0 spiro atoms. The Morgan fingerprint density at radius 2 is 1.47 bits per heavy atom. The lowest BCUT2D eigenvalue weighted by Gasteiger charge is -2.40. The minimum atomic E-state index is -0.145. The maximum atomic E-state index is 13.8. The van der Waals surface area contributed by atoms with Crippen molar-refractivity contribution in [3.63, 3.8) is 0 Å². The zero-order valence-corrected chi connectivity index (χ0v) is 25.9. The maximum Gasteiger partial charge on any atom is 0.251 e. The molecule has 0 bridgehead atoms. The SMILES string of the molecule is COc1ccc(CNC(=O)c2ccc(CN(C(=O)C3CCCC3)C3CCN(Cc4ccc(Cl)cc4)CC3)cc2)cc1OC. The van der Waals surface area contributed by atoms with Crippen LogP contribution in [0, 0.1) is 5.92 Å². The van der Waals surface area contributed by atoms with Crippen LogP contribution in [0.15, 0.2) is 66.7 Å². The second-order valence-electron chi connectivity index (χ2n) is 11.7. The van der Waals surface area contributed by atoms with E-state index in [-0.39, 0.29) is 17.9 Å². The van der Waals surface area contributed by atoms with Crippen LogP contribution in [0.4, 0.5) is 0 Å². The number of benzene rings is 3. The zero-order chi connectivity index (χ0) is 30.2. The molecule has 0 aromatic heterocycles. The van der Waals surface area contributed by atoms with Crippen LogP contribution in [0.25, 0.3) is 0 Å². The number of nitrogens with one attached hydrogen (secondary N) is 1. The van der Waals surface area contributed by atoms with E-state index in [1.54, 1.807) is 14.2 Å². The number of amides is 2. The molecule has 228 valence electrons. The Balaban J connectivity index is 1.19. The van der Waals surface area contributed by atoms with E-state index in [9.17, 15) is 9.59 Å². The molecule has 1 aliphatic heterocycles. The van der Waals surface area contributed by atoms with Crippen LogP contribution >= 0.6 is 11.6 Å². The molecular formula is C35H42ClN3O4. The average molecular weight is 604 g/mol. The second kappa shape index (κ2) is 14.8. The van der Waals surface area contributed by atoms with E-state index >= 15 is 0 Å². The number of carbonyl (C=O) groups excluding carboxylic acids is 2. The number of methoxy groups -OCH3 is 2. The standard InChI is InChI=1S/C35H42ClN3O4/c1-42-32-16-11-27(21-33(32)43-2)22-37-34(40)28-12-7-26(8-13-28)24-39(35(41)29-5-3-4-6-29)31-17-19-38(20-18-31)23-25-9-14-30(36)15-10-25/h7-16,21,29,31H,3-6,17-20,22-24H2,1-2H3,(H,37,40). The normalized spacial score (nSPS) is 16.2. The van der Waals surface area contributed by atoms with Crippen molar-refractivity contribution in [2.24, 2.45) is 5.92 Å². The molecule has 3 aromatic carbocycles. The van der Waals surface area contributed by atoms with Crippen LogP contribution in [0.5, 0.6) is 11.5 Å². The van der Waals surface area contributed by atoms with E-state index in [1.807, 2.05) is 54.6 Å². The van der Waals surface area contributed by atoms with Crippen LogP contribution in [0.2, 0.25) is 5.02 Å². The van der Waals surface area contributed by atoms with Crippen molar-refractivity contribution in [2.45, 2.75) is 64.2 Å². The molecule has 2 fully saturated rings. The van der Waals surface area contributed by atoms with Gasteiger partial charge in [-0.2, -0.15) is 0 Å². The molecule has 2 aliphatic rings. The molecule has 5 rings (SSSR count). The highest BCUT2D eigenvalue weighted by Crippen LogP contribution is 2.31. The van der Waals surface area contributed by atoms with Crippen LogP contribution < -0.4 is 14.8 Å². The molecule has 0 radical (unpaired) electrons. The van der Waals surface area contributed by atoms with Crippen molar-refractivity contribution in [3.8, 4) is 11.5 Å². The van der Waals surface area contributed by atoms with Gasteiger partial charge in [-0.05, 0) is 78.8 Å². The minimum absolute atomic E-state index is 0.133. The molecule has 1 heterocycles. The van der Waals surface area contributed by atoms with E-state index in [0.29, 0.717) is 36.1 Å². The summed E-state index contributed by atoms with van der Waals surface area (Å²) in [6.07, 6.45) is 6.17. The number of nitrogens with zero attached hydrogens (tertiary/aromatic N) is 2. The van der Waals surface area contributed by atoms with Gasteiger partial charge in [0.05, 0.1) is 14.2 Å². The lowest BCUT2D eigenvalue weighted by atomic mass is 9.98. The fourth-order valence-electron chi connectivity index (χ4n) is 6.26. The van der Waals surface area contributed by atoms with E-state index in [4.69, 9.17) is 21.1 Å². The van der Waals surface area contributed by atoms with Crippen LogP contribution in [0.3, 0.4) is 0 Å². The molecule has 1 N–H and O–H groups in total. The molecule has 7 nitrogen and oxygen atoms in total. The van der Waals surface area contributed by atoms with E-state index in [0.717, 1.165) is 74.3 Å². The van der Waals surface area contributed by atoms with Crippen molar-refractivity contribution < 1.29 is 19.1 Å². The molecule has 1 saturated carbocycles. The first-order chi connectivity index (χ1) is 20.9. The molecule has 0 atom stereocenters. The third-order valence-electron chi connectivity index (χ3n) is 8.77. The molecular weight excluding hydrogens is 562 g/mol. The summed E-state index contributed by atoms with van der Waals surface area (Å²) in [4.78, 5) is 31.3. The molecule has 8 heteroatoms. The monoisotopic (exact) mass is 603 g/mol. The Hall–Kier alpha value is -3.55. The van der Waals surface area contributed by atoms with Gasteiger partial charge < -0.3 is 19.7 Å². The lowest BCUT2D eigenvalue weighted by molar-refractivity contribution is -0.139. The zero-order valence-electron chi connectivity index (χ0n) is 25.2. The van der Waals surface area contributed by atoms with Crippen LogP contribution in [-0.4, -0.2) is 55.0 Å². The first-order valence-corrected chi connectivity index (χ1v) is 15.7. The summed E-state index contributed by atoms with van der Waals surface area (Å²) >= 11 is 6.06. The summed E-state index contributed by atoms with van der Waals surface area (Å²) in [5.74, 6) is 1.56. The number of carbonyl (C=O) groups is 2. The molecule has 0 unspecified atom stereocenters. The average Bonchev–Trinajstić information content (AvgIpc) is 3.59. The van der Waals surface area contributed by atoms with Gasteiger partial charge in [0.2, 0.25) is 5.91 Å². The van der Waals surface area contributed by atoms with Gasteiger partial charge in [0.1, 0.15) is 0 Å². The fourth-order valence-corrected chi connectivity index (χ4v) is 6.39. The van der Waals surface area contributed by atoms with Gasteiger partial charge in [-0.1, -0.05) is 54.8 Å². The maximum absolute atomic E-state index is 13.8. The highest BCUT2D eigenvalue weighted by molar-refractivity contribution is 6.30. The third kappa shape index (κ3) is 8.09. The third-order valence-corrected chi connectivity index (χ3v) is 9.03. The molecule has 1 aliphatic carbocycles. The van der Waals surface area contributed by atoms with E-state index in [1.165, 1.54) is 5.56 Å². The van der Waals surface area contributed by atoms with E-state index in [2.05, 4.69) is 27.2 Å². The van der Waals surface area contributed by atoms with Crippen molar-refractivity contribution >= 4 is 23.4 Å². The number of ether oxygens (including phenoxy) is 2. The van der Waals surface area contributed by atoms with E-state index < -0.39 is 0 Å². The molecule has 2 amide bonds. The first-order valence-electron chi connectivity index (χ1n) is 15.3.